The maximum atomic E-state index is 5.68. The lowest BCUT2D eigenvalue weighted by Gasteiger charge is -2.39. The molecular weight excluding hydrogens is 206 g/mol. The molecule has 2 heterocycles. The molecule has 1 saturated heterocycles. The zero-order chi connectivity index (χ0) is 10.3. The molecule has 2 aliphatic rings. The van der Waals surface area contributed by atoms with Gasteiger partial charge in [-0.05, 0) is 19.3 Å². The summed E-state index contributed by atoms with van der Waals surface area (Å²) in [4.78, 5) is 7.14. The van der Waals surface area contributed by atoms with Gasteiger partial charge in [0.1, 0.15) is 0 Å². The Morgan fingerprint density at radius 1 is 1.47 bits per heavy atom. The predicted octanol–water partition coefficient (Wildman–Crippen LogP) is 1.55. The second-order valence-electron chi connectivity index (χ2n) is 4.60. The van der Waals surface area contributed by atoms with Crippen LogP contribution in [-0.4, -0.2) is 29.0 Å². The van der Waals surface area contributed by atoms with Gasteiger partial charge in [-0.1, -0.05) is 0 Å². The summed E-state index contributed by atoms with van der Waals surface area (Å²) in [6.07, 6.45) is 3.96. The van der Waals surface area contributed by atoms with Crippen molar-refractivity contribution in [3.8, 4) is 0 Å². The third-order valence-electron chi connectivity index (χ3n) is 3.40. The van der Waals surface area contributed by atoms with Gasteiger partial charge in [0, 0.05) is 37.0 Å². The number of hydrogen-bond acceptors (Lipinski definition) is 4. The molecule has 0 radical (unpaired) electrons. The van der Waals surface area contributed by atoms with Crippen LogP contribution in [0, 0.1) is 0 Å². The van der Waals surface area contributed by atoms with E-state index in [2.05, 4.69) is 10.3 Å². The number of hydrogen-bond donors (Lipinski definition) is 1. The summed E-state index contributed by atoms with van der Waals surface area (Å²) >= 11 is 1.84. The van der Waals surface area contributed by atoms with Crippen molar-refractivity contribution in [2.75, 3.05) is 13.1 Å². The van der Waals surface area contributed by atoms with Crippen molar-refractivity contribution >= 4 is 11.3 Å². The van der Waals surface area contributed by atoms with Gasteiger partial charge in [-0.2, -0.15) is 0 Å². The fraction of sp³-hybridized carbons (Fsp3) is 0.727. The highest BCUT2D eigenvalue weighted by molar-refractivity contribution is 7.09. The molecule has 3 nitrogen and oxygen atoms in total. The lowest BCUT2D eigenvalue weighted by Crippen LogP contribution is -2.50. The average Bonchev–Trinajstić information content (AvgIpc) is 2.95. The highest BCUT2D eigenvalue weighted by Crippen LogP contribution is 2.41. The van der Waals surface area contributed by atoms with E-state index in [-0.39, 0.29) is 0 Å². The van der Waals surface area contributed by atoms with Gasteiger partial charge in [0.15, 0.2) is 0 Å². The number of nitrogens with two attached hydrogens (primary N) is 1. The summed E-state index contributed by atoms with van der Waals surface area (Å²) < 4.78 is 0. The Kier molecular flexibility index (Phi) is 2.50. The van der Waals surface area contributed by atoms with E-state index < -0.39 is 0 Å². The lowest BCUT2D eigenvalue weighted by molar-refractivity contribution is 0.0869. The largest absolute Gasteiger partial charge is 0.329 e. The van der Waals surface area contributed by atoms with Crippen molar-refractivity contribution in [3.05, 3.63) is 16.1 Å². The fourth-order valence-electron chi connectivity index (χ4n) is 2.09. The van der Waals surface area contributed by atoms with Crippen LogP contribution >= 0.6 is 11.3 Å². The van der Waals surface area contributed by atoms with Gasteiger partial charge in [0.05, 0.1) is 10.7 Å². The Bertz CT molecular complexity index is 343. The van der Waals surface area contributed by atoms with E-state index in [0.717, 1.165) is 19.0 Å². The van der Waals surface area contributed by atoms with Gasteiger partial charge < -0.3 is 5.73 Å². The van der Waals surface area contributed by atoms with Crippen molar-refractivity contribution in [1.82, 2.24) is 9.88 Å². The molecule has 2 fully saturated rings. The summed E-state index contributed by atoms with van der Waals surface area (Å²) in [6.45, 7) is 2.99. The van der Waals surface area contributed by atoms with E-state index in [9.17, 15) is 0 Å². The van der Waals surface area contributed by atoms with Gasteiger partial charge in [-0.3, -0.25) is 4.90 Å². The maximum absolute atomic E-state index is 5.68. The summed E-state index contributed by atoms with van der Waals surface area (Å²) in [7, 11) is 0. The van der Waals surface area contributed by atoms with Crippen LogP contribution in [0.25, 0.3) is 0 Å². The van der Waals surface area contributed by atoms with Gasteiger partial charge in [0.25, 0.3) is 0 Å². The Hall–Kier alpha value is -0.450. The van der Waals surface area contributed by atoms with E-state index in [1.165, 1.54) is 36.5 Å². The number of rotatable bonds is 4. The number of aromatic nitrogens is 1. The Morgan fingerprint density at radius 2 is 2.33 bits per heavy atom. The first kappa shape index (κ1) is 9.75. The van der Waals surface area contributed by atoms with Crippen LogP contribution in [-0.2, 0) is 6.54 Å². The summed E-state index contributed by atoms with van der Waals surface area (Å²) in [6, 6.07) is 0.607. The minimum atomic E-state index is 0.607. The molecule has 15 heavy (non-hydrogen) atoms. The molecule has 0 bridgehead atoms. The fourth-order valence-corrected chi connectivity index (χ4v) is 3.07. The molecule has 4 heteroatoms. The molecule has 2 N–H and O–H groups in total. The van der Waals surface area contributed by atoms with Crippen molar-refractivity contribution in [3.63, 3.8) is 0 Å². The molecule has 3 rings (SSSR count). The van der Waals surface area contributed by atoms with E-state index in [4.69, 9.17) is 10.7 Å². The third-order valence-corrected chi connectivity index (χ3v) is 4.46. The molecule has 1 aliphatic carbocycles. The van der Waals surface area contributed by atoms with Gasteiger partial charge in [0.2, 0.25) is 0 Å². The SMILES string of the molecule is NCC1CCN1Cc1csc(C2CC2)n1. The highest BCUT2D eigenvalue weighted by Gasteiger charge is 2.29. The molecule has 1 saturated carbocycles. The topological polar surface area (TPSA) is 42.1 Å². The van der Waals surface area contributed by atoms with Crippen LogP contribution in [0.5, 0.6) is 0 Å². The smallest absolute Gasteiger partial charge is 0.0959 e. The quantitative estimate of drug-likeness (QED) is 0.842. The molecule has 1 aromatic rings. The molecule has 1 aromatic heterocycles. The van der Waals surface area contributed by atoms with Crippen LogP contribution in [0.2, 0.25) is 0 Å². The van der Waals surface area contributed by atoms with Crippen LogP contribution < -0.4 is 5.73 Å². The second kappa shape index (κ2) is 3.85. The minimum absolute atomic E-state index is 0.607. The highest BCUT2D eigenvalue weighted by atomic mass is 32.1. The monoisotopic (exact) mass is 223 g/mol. The van der Waals surface area contributed by atoms with E-state index in [1.807, 2.05) is 11.3 Å². The van der Waals surface area contributed by atoms with Crippen LogP contribution in [0.3, 0.4) is 0 Å². The normalized spacial score (nSPS) is 26.6. The zero-order valence-corrected chi connectivity index (χ0v) is 9.67. The molecule has 0 spiro atoms. The van der Waals surface area contributed by atoms with Crippen LogP contribution in [0.1, 0.15) is 35.9 Å². The van der Waals surface area contributed by atoms with Crippen molar-refractivity contribution in [1.29, 1.82) is 0 Å². The molecule has 0 aromatic carbocycles. The predicted molar refractivity (Wildman–Crippen MR) is 62.0 cm³/mol. The average molecular weight is 223 g/mol. The minimum Gasteiger partial charge on any atom is -0.329 e. The molecule has 82 valence electrons. The van der Waals surface area contributed by atoms with Crippen molar-refractivity contribution in [2.45, 2.75) is 37.8 Å². The van der Waals surface area contributed by atoms with E-state index in [1.54, 1.807) is 0 Å². The van der Waals surface area contributed by atoms with Crippen LogP contribution in [0.4, 0.5) is 0 Å². The first-order valence-electron chi connectivity index (χ1n) is 5.75. The van der Waals surface area contributed by atoms with Gasteiger partial charge in [-0.25, -0.2) is 4.98 Å². The Labute approximate surface area is 94.3 Å². The maximum Gasteiger partial charge on any atom is 0.0959 e. The second-order valence-corrected chi connectivity index (χ2v) is 5.49. The molecule has 1 aliphatic heterocycles. The van der Waals surface area contributed by atoms with Crippen molar-refractivity contribution < 1.29 is 0 Å². The number of likely N-dealkylation sites (tertiary alicyclic amines) is 1. The third kappa shape index (κ3) is 1.94. The zero-order valence-electron chi connectivity index (χ0n) is 8.85. The van der Waals surface area contributed by atoms with Crippen LogP contribution in [0.15, 0.2) is 5.38 Å². The van der Waals surface area contributed by atoms with Crippen molar-refractivity contribution in [2.24, 2.45) is 5.73 Å². The first-order valence-corrected chi connectivity index (χ1v) is 6.63. The number of thiazole rings is 1. The molecule has 1 atom stereocenters. The Balaban J connectivity index is 1.61. The lowest BCUT2D eigenvalue weighted by atomic mass is 10.0. The molecule has 1 unspecified atom stereocenters. The first-order chi connectivity index (χ1) is 7.36. The summed E-state index contributed by atoms with van der Waals surface area (Å²) in [5, 5.41) is 3.58. The Morgan fingerprint density at radius 3 is 2.93 bits per heavy atom. The van der Waals surface area contributed by atoms with E-state index in [0.29, 0.717) is 6.04 Å². The van der Waals surface area contributed by atoms with Gasteiger partial charge in [-0.15, -0.1) is 11.3 Å². The number of nitrogens with zero attached hydrogens (tertiary/aromatic N) is 2. The molecule has 0 amide bonds. The van der Waals surface area contributed by atoms with E-state index >= 15 is 0 Å². The summed E-state index contributed by atoms with van der Waals surface area (Å²) in [5.74, 6) is 0.797. The van der Waals surface area contributed by atoms with Gasteiger partial charge >= 0.3 is 0 Å². The standard InChI is InChI=1S/C11H17N3S/c12-5-10-3-4-14(10)6-9-7-15-11(13-9)8-1-2-8/h7-8,10H,1-6,12H2. The molecular formula is C11H17N3S. The summed E-state index contributed by atoms with van der Waals surface area (Å²) in [5.41, 5.74) is 6.93.